The molecule has 1 N–H and O–H groups in total. The lowest BCUT2D eigenvalue weighted by Gasteiger charge is -2.34. The van der Waals surface area contributed by atoms with Gasteiger partial charge in [0.2, 0.25) is 21.9 Å². The Morgan fingerprint density at radius 2 is 1.79 bits per heavy atom. The van der Waals surface area contributed by atoms with Gasteiger partial charge < -0.3 is 10.2 Å². The molecule has 1 fully saturated rings. The molecule has 0 bridgehead atoms. The maximum absolute atomic E-state index is 13.9. The maximum Gasteiger partial charge on any atom is 0.246 e. The van der Waals surface area contributed by atoms with Crippen molar-refractivity contribution in [2.45, 2.75) is 17.7 Å². The molecule has 0 atom stereocenters. The lowest BCUT2D eigenvalue weighted by Crippen LogP contribution is -2.50. The van der Waals surface area contributed by atoms with E-state index in [1.54, 1.807) is 23.4 Å². The molecule has 0 aliphatic carbocycles. The lowest BCUT2D eigenvalue weighted by atomic mass is 10.2. The highest BCUT2D eigenvalue weighted by atomic mass is 32.2. The van der Waals surface area contributed by atoms with Gasteiger partial charge in [-0.3, -0.25) is 4.79 Å². The first-order valence-electron chi connectivity index (χ1n) is 9.12. The highest BCUT2D eigenvalue weighted by Gasteiger charge is 2.31. The summed E-state index contributed by atoms with van der Waals surface area (Å²) in [6, 6.07) is 4.07. The van der Waals surface area contributed by atoms with Crippen molar-refractivity contribution in [3.8, 4) is 0 Å². The SMILES string of the molecule is O=C(CCCNc1ncccn1)N1CCN(S(=O)(=O)c2ccc(F)cc2F)CC1. The molecule has 29 heavy (non-hydrogen) atoms. The fourth-order valence-corrected chi connectivity index (χ4v) is 4.46. The Labute approximate surface area is 167 Å². The molecule has 156 valence electrons. The van der Waals surface area contributed by atoms with Crippen molar-refractivity contribution in [3.05, 3.63) is 48.3 Å². The number of benzene rings is 1. The number of amides is 1. The normalized spacial score (nSPS) is 15.3. The fraction of sp³-hybridized carbons (Fsp3) is 0.389. The maximum atomic E-state index is 13.9. The molecule has 11 heteroatoms. The van der Waals surface area contributed by atoms with Crippen molar-refractivity contribution < 1.29 is 22.0 Å². The number of nitrogens with one attached hydrogen (secondary N) is 1. The quantitative estimate of drug-likeness (QED) is 0.676. The van der Waals surface area contributed by atoms with Gasteiger partial charge in [-0.1, -0.05) is 0 Å². The van der Waals surface area contributed by atoms with Gasteiger partial charge in [-0.2, -0.15) is 4.31 Å². The summed E-state index contributed by atoms with van der Waals surface area (Å²) < 4.78 is 53.2. The Kier molecular flexibility index (Phi) is 6.70. The molecule has 0 unspecified atom stereocenters. The minimum absolute atomic E-state index is 0.0565. The van der Waals surface area contributed by atoms with Crippen LogP contribution < -0.4 is 5.32 Å². The zero-order valence-corrected chi connectivity index (χ0v) is 16.4. The van der Waals surface area contributed by atoms with E-state index in [4.69, 9.17) is 0 Å². The van der Waals surface area contributed by atoms with Crippen LogP contribution in [0.2, 0.25) is 0 Å². The minimum atomic E-state index is -4.08. The van der Waals surface area contributed by atoms with Crippen molar-refractivity contribution >= 4 is 21.9 Å². The van der Waals surface area contributed by atoms with Crippen LogP contribution in [0.5, 0.6) is 0 Å². The van der Waals surface area contributed by atoms with Crippen molar-refractivity contribution in [1.29, 1.82) is 0 Å². The molecule has 1 aliphatic rings. The van der Waals surface area contributed by atoms with Crippen molar-refractivity contribution in [3.63, 3.8) is 0 Å². The minimum Gasteiger partial charge on any atom is -0.354 e. The molecule has 1 aromatic carbocycles. The molecular weight excluding hydrogens is 404 g/mol. The van der Waals surface area contributed by atoms with Crippen molar-refractivity contribution in [1.82, 2.24) is 19.2 Å². The van der Waals surface area contributed by atoms with Crippen LogP contribution in [0.25, 0.3) is 0 Å². The summed E-state index contributed by atoms with van der Waals surface area (Å²) in [6.07, 6.45) is 4.12. The van der Waals surface area contributed by atoms with Gasteiger partial charge in [0, 0.05) is 57.6 Å². The third kappa shape index (κ3) is 5.24. The molecule has 0 spiro atoms. The number of carbonyl (C=O) groups excluding carboxylic acids is 1. The molecule has 0 saturated carbocycles. The standard InChI is InChI=1S/C18H21F2N5O3S/c19-14-4-5-16(15(20)13-14)29(27,28)25-11-9-24(10-12-25)17(26)3-1-6-21-18-22-7-2-8-23-18/h2,4-5,7-8,13H,1,3,6,9-12H2,(H,21,22,23). The topological polar surface area (TPSA) is 95.5 Å². The van der Waals surface area contributed by atoms with Gasteiger partial charge in [0.1, 0.15) is 16.5 Å². The highest BCUT2D eigenvalue weighted by Crippen LogP contribution is 2.21. The van der Waals surface area contributed by atoms with Crippen LogP contribution in [-0.2, 0) is 14.8 Å². The number of hydrogen-bond donors (Lipinski definition) is 1. The fourth-order valence-electron chi connectivity index (χ4n) is 2.99. The van der Waals surface area contributed by atoms with Gasteiger partial charge in [-0.05, 0) is 24.6 Å². The number of halogens is 2. The van der Waals surface area contributed by atoms with E-state index in [1.807, 2.05) is 0 Å². The molecule has 3 rings (SSSR count). The van der Waals surface area contributed by atoms with Crippen LogP contribution in [0.15, 0.2) is 41.6 Å². The van der Waals surface area contributed by atoms with Gasteiger partial charge in [0.15, 0.2) is 0 Å². The number of hydrogen-bond acceptors (Lipinski definition) is 6. The second-order valence-corrected chi connectivity index (χ2v) is 8.37. The summed E-state index contributed by atoms with van der Waals surface area (Å²) in [4.78, 5) is 21.4. The molecule has 8 nitrogen and oxygen atoms in total. The molecule has 1 aromatic heterocycles. The average molecular weight is 425 g/mol. The molecular formula is C18H21F2N5O3S. The van der Waals surface area contributed by atoms with Crippen LogP contribution >= 0.6 is 0 Å². The number of aromatic nitrogens is 2. The van der Waals surface area contributed by atoms with Crippen LogP contribution in [0.3, 0.4) is 0 Å². The Balaban J connectivity index is 1.47. The first-order chi connectivity index (χ1) is 13.9. The predicted octanol–water partition coefficient (Wildman–Crippen LogP) is 1.48. The number of nitrogens with zero attached hydrogens (tertiary/aromatic N) is 4. The van der Waals surface area contributed by atoms with E-state index >= 15 is 0 Å². The summed E-state index contributed by atoms with van der Waals surface area (Å²) in [5.41, 5.74) is 0. The summed E-state index contributed by atoms with van der Waals surface area (Å²) in [5.74, 6) is -1.55. The zero-order chi connectivity index (χ0) is 20.9. The first kappa shape index (κ1) is 21.1. The number of carbonyl (C=O) groups is 1. The monoisotopic (exact) mass is 425 g/mol. The summed E-state index contributed by atoms with van der Waals surface area (Å²) in [6.45, 7) is 1.09. The van der Waals surface area contributed by atoms with Crippen molar-refractivity contribution in [2.24, 2.45) is 0 Å². The average Bonchev–Trinajstić information content (AvgIpc) is 2.71. The van der Waals surface area contributed by atoms with Gasteiger partial charge in [-0.15, -0.1) is 0 Å². The van der Waals surface area contributed by atoms with Gasteiger partial charge in [-0.25, -0.2) is 27.2 Å². The molecule has 2 aromatic rings. The zero-order valence-electron chi connectivity index (χ0n) is 15.6. The Bertz CT molecular complexity index is 951. The van der Waals surface area contributed by atoms with Gasteiger partial charge >= 0.3 is 0 Å². The summed E-state index contributed by atoms with van der Waals surface area (Å²) in [7, 11) is -4.08. The van der Waals surface area contributed by atoms with E-state index in [0.29, 0.717) is 31.4 Å². The summed E-state index contributed by atoms with van der Waals surface area (Å²) in [5, 5.41) is 3.01. The van der Waals surface area contributed by atoms with Crippen LogP contribution in [-0.4, -0.2) is 66.2 Å². The second-order valence-electron chi connectivity index (χ2n) is 6.46. The van der Waals surface area contributed by atoms with Crippen LogP contribution in [0.4, 0.5) is 14.7 Å². The van der Waals surface area contributed by atoms with Crippen molar-refractivity contribution in [2.75, 3.05) is 38.0 Å². The number of piperazine rings is 1. The molecule has 1 amide bonds. The van der Waals surface area contributed by atoms with E-state index in [1.165, 1.54) is 0 Å². The first-order valence-corrected chi connectivity index (χ1v) is 10.6. The predicted molar refractivity (Wildman–Crippen MR) is 101 cm³/mol. The molecule has 1 aliphatic heterocycles. The second kappa shape index (κ2) is 9.23. The van der Waals surface area contributed by atoms with Crippen LogP contribution in [0, 0.1) is 11.6 Å². The van der Waals surface area contributed by atoms with Crippen LogP contribution in [0.1, 0.15) is 12.8 Å². The van der Waals surface area contributed by atoms with E-state index in [0.717, 1.165) is 16.4 Å². The van der Waals surface area contributed by atoms with E-state index in [-0.39, 0.29) is 32.1 Å². The van der Waals surface area contributed by atoms with Gasteiger partial charge in [0.05, 0.1) is 0 Å². The molecule has 2 heterocycles. The number of rotatable bonds is 7. The van der Waals surface area contributed by atoms with E-state index < -0.39 is 26.6 Å². The smallest absolute Gasteiger partial charge is 0.246 e. The Hall–Kier alpha value is -2.66. The largest absolute Gasteiger partial charge is 0.354 e. The Morgan fingerprint density at radius 3 is 2.45 bits per heavy atom. The third-order valence-electron chi connectivity index (χ3n) is 4.52. The lowest BCUT2D eigenvalue weighted by molar-refractivity contribution is -0.132. The molecule has 1 saturated heterocycles. The third-order valence-corrected chi connectivity index (χ3v) is 6.45. The van der Waals surface area contributed by atoms with Gasteiger partial charge in [0.25, 0.3) is 0 Å². The highest BCUT2D eigenvalue weighted by molar-refractivity contribution is 7.89. The molecule has 0 radical (unpaired) electrons. The summed E-state index contributed by atoms with van der Waals surface area (Å²) >= 11 is 0. The Morgan fingerprint density at radius 1 is 1.10 bits per heavy atom. The van der Waals surface area contributed by atoms with E-state index in [9.17, 15) is 22.0 Å². The number of sulfonamides is 1. The number of anilines is 1. The van der Waals surface area contributed by atoms with E-state index in [2.05, 4.69) is 15.3 Å².